The Morgan fingerprint density at radius 1 is 1.26 bits per heavy atom. The van der Waals surface area contributed by atoms with Gasteiger partial charge in [0.2, 0.25) is 5.43 Å². The fourth-order valence-corrected chi connectivity index (χ4v) is 2.30. The van der Waals surface area contributed by atoms with Crippen LogP contribution in [0.2, 0.25) is 0 Å². The Hall–Kier alpha value is -2.87. The second-order valence-corrected chi connectivity index (χ2v) is 5.06. The smallest absolute Gasteiger partial charge is 0.337 e. The van der Waals surface area contributed by atoms with E-state index in [2.05, 4.69) is 0 Å². The number of aryl methyl sites for hydroxylation is 2. The highest BCUT2D eigenvalue weighted by Crippen LogP contribution is 2.28. The Morgan fingerprint density at radius 3 is 2.48 bits per heavy atom. The summed E-state index contributed by atoms with van der Waals surface area (Å²) in [5, 5.41) is 37.1. The third kappa shape index (κ3) is 3.16. The number of hydrogen-bond donors (Lipinski definition) is 4. The molecule has 1 heterocycles. The highest BCUT2D eigenvalue weighted by atomic mass is 16.4. The molecule has 1 atom stereocenters. The Balaban J connectivity index is 2.79. The van der Waals surface area contributed by atoms with Crippen molar-refractivity contribution < 1.29 is 34.4 Å². The first-order valence-corrected chi connectivity index (χ1v) is 6.64. The lowest BCUT2D eigenvalue weighted by molar-refractivity contribution is -0.147. The van der Waals surface area contributed by atoms with Gasteiger partial charge in [-0.1, -0.05) is 0 Å². The second-order valence-electron chi connectivity index (χ2n) is 5.06. The van der Waals surface area contributed by atoms with Gasteiger partial charge in [-0.05, 0) is 24.6 Å². The zero-order valence-corrected chi connectivity index (χ0v) is 12.1. The van der Waals surface area contributed by atoms with Gasteiger partial charge in [-0.15, -0.1) is 0 Å². The van der Waals surface area contributed by atoms with Crippen LogP contribution >= 0.6 is 0 Å². The zero-order chi connectivity index (χ0) is 17.3. The number of carboxylic acids is 2. The van der Waals surface area contributed by atoms with Crippen LogP contribution in [0.3, 0.4) is 0 Å². The summed E-state index contributed by atoms with van der Waals surface area (Å²) in [4.78, 5) is 34.2. The first-order valence-electron chi connectivity index (χ1n) is 6.64. The number of aliphatic hydroxyl groups is 1. The fourth-order valence-electron chi connectivity index (χ4n) is 2.30. The molecule has 0 saturated heterocycles. The van der Waals surface area contributed by atoms with Crippen LogP contribution in [0, 0.1) is 6.92 Å². The van der Waals surface area contributed by atoms with Crippen molar-refractivity contribution in [2.45, 2.75) is 25.9 Å². The number of fused-ring (bicyclic) bond motifs is 1. The topological polar surface area (TPSA) is 145 Å². The van der Waals surface area contributed by atoms with Gasteiger partial charge < -0.3 is 24.8 Å². The molecule has 2 rings (SSSR count). The van der Waals surface area contributed by atoms with Crippen molar-refractivity contribution in [2.24, 2.45) is 0 Å². The third-order valence-electron chi connectivity index (χ3n) is 3.30. The number of hydrogen-bond acceptors (Lipinski definition) is 6. The molecule has 23 heavy (non-hydrogen) atoms. The van der Waals surface area contributed by atoms with Gasteiger partial charge in [0.25, 0.3) is 0 Å². The van der Waals surface area contributed by atoms with Crippen molar-refractivity contribution in [1.82, 2.24) is 0 Å². The standard InChI is InChI=1S/C15H14O8/c1-6-4-7(16)11-9(5-6)23-8(2-3-10(17)18)12(13(11)19)14(20)15(21)22/h4-5,14,16,20H,2-3H2,1H3,(H,17,18)(H,21,22). The monoisotopic (exact) mass is 322 g/mol. The highest BCUT2D eigenvalue weighted by molar-refractivity contribution is 5.86. The van der Waals surface area contributed by atoms with Crippen LogP contribution < -0.4 is 5.43 Å². The minimum absolute atomic E-state index is 0.00534. The van der Waals surface area contributed by atoms with E-state index in [-0.39, 0.29) is 23.2 Å². The molecular formula is C15H14O8. The Bertz CT molecular complexity index is 849. The van der Waals surface area contributed by atoms with E-state index < -0.39 is 41.2 Å². The second kappa shape index (κ2) is 6.09. The molecule has 0 aliphatic heterocycles. The van der Waals surface area contributed by atoms with Crippen molar-refractivity contribution in [3.05, 3.63) is 39.2 Å². The predicted octanol–water partition coefficient (Wildman–Crippen LogP) is 0.942. The maximum atomic E-state index is 12.5. The minimum Gasteiger partial charge on any atom is -0.507 e. The fraction of sp³-hybridized carbons (Fsp3) is 0.267. The summed E-state index contributed by atoms with van der Waals surface area (Å²) in [6, 6.07) is 2.75. The molecule has 1 aromatic heterocycles. The van der Waals surface area contributed by atoms with Gasteiger partial charge in [-0.25, -0.2) is 4.79 Å². The molecule has 0 radical (unpaired) electrons. The molecule has 0 fully saturated rings. The molecule has 122 valence electrons. The molecule has 0 aliphatic rings. The maximum Gasteiger partial charge on any atom is 0.337 e. The Labute approximate surface area is 129 Å². The molecule has 0 amide bonds. The number of carboxylic acid groups (broad SMARTS) is 2. The number of carbonyl (C=O) groups is 2. The summed E-state index contributed by atoms with van der Waals surface area (Å²) in [7, 11) is 0. The largest absolute Gasteiger partial charge is 0.507 e. The molecule has 1 aromatic carbocycles. The van der Waals surface area contributed by atoms with Gasteiger partial charge in [0.05, 0.1) is 12.0 Å². The van der Waals surface area contributed by atoms with Crippen LogP contribution in [0.1, 0.15) is 29.4 Å². The van der Waals surface area contributed by atoms with Crippen LogP contribution in [0.15, 0.2) is 21.3 Å². The predicted molar refractivity (Wildman–Crippen MR) is 77.4 cm³/mol. The molecule has 0 bridgehead atoms. The van der Waals surface area contributed by atoms with E-state index in [0.717, 1.165) is 0 Å². The Morgan fingerprint density at radius 2 is 1.91 bits per heavy atom. The summed E-state index contributed by atoms with van der Waals surface area (Å²) in [6.45, 7) is 1.65. The van der Waals surface area contributed by atoms with E-state index in [1.54, 1.807) is 6.92 Å². The molecule has 1 unspecified atom stereocenters. The molecule has 2 aromatic rings. The van der Waals surface area contributed by atoms with Crippen molar-refractivity contribution in [1.29, 1.82) is 0 Å². The van der Waals surface area contributed by atoms with E-state index in [4.69, 9.17) is 14.6 Å². The van der Waals surface area contributed by atoms with Crippen molar-refractivity contribution in [3.8, 4) is 5.75 Å². The lowest BCUT2D eigenvalue weighted by atomic mass is 10.0. The average molecular weight is 322 g/mol. The number of aromatic hydroxyl groups is 1. The number of aliphatic carboxylic acids is 2. The van der Waals surface area contributed by atoms with Crippen LogP contribution in [0.4, 0.5) is 0 Å². The number of phenolic OH excluding ortho intramolecular Hbond substituents is 1. The van der Waals surface area contributed by atoms with Gasteiger partial charge in [0.15, 0.2) is 6.10 Å². The third-order valence-corrected chi connectivity index (χ3v) is 3.30. The van der Waals surface area contributed by atoms with E-state index in [0.29, 0.717) is 5.56 Å². The van der Waals surface area contributed by atoms with Crippen molar-refractivity contribution in [2.75, 3.05) is 0 Å². The first-order chi connectivity index (χ1) is 10.7. The summed E-state index contributed by atoms with van der Waals surface area (Å²) >= 11 is 0. The Kier molecular flexibility index (Phi) is 4.37. The number of phenols is 1. The zero-order valence-electron chi connectivity index (χ0n) is 12.1. The SMILES string of the molecule is Cc1cc(O)c2c(=O)c(C(O)C(=O)O)c(CCC(=O)O)oc2c1. The number of benzene rings is 1. The average Bonchev–Trinajstić information content (AvgIpc) is 2.43. The summed E-state index contributed by atoms with van der Waals surface area (Å²) < 4.78 is 5.41. The molecule has 4 N–H and O–H groups in total. The molecule has 8 nitrogen and oxygen atoms in total. The summed E-state index contributed by atoms with van der Waals surface area (Å²) in [5.74, 6) is -3.49. The van der Waals surface area contributed by atoms with E-state index in [9.17, 15) is 24.6 Å². The minimum atomic E-state index is -2.18. The van der Waals surface area contributed by atoms with Crippen LogP contribution in [-0.4, -0.2) is 32.4 Å². The number of aliphatic hydroxyl groups excluding tert-OH is 1. The summed E-state index contributed by atoms with van der Waals surface area (Å²) in [5.41, 5.74) is -0.896. The van der Waals surface area contributed by atoms with E-state index >= 15 is 0 Å². The summed E-state index contributed by atoms with van der Waals surface area (Å²) in [6.07, 6.45) is -2.86. The highest BCUT2D eigenvalue weighted by Gasteiger charge is 2.27. The van der Waals surface area contributed by atoms with Gasteiger partial charge in [-0.2, -0.15) is 0 Å². The lowest BCUT2D eigenvalue weighted by Gasteiger charge is -2.12. The van der Waals surface area contributed by atoms with Gasteiger partial charge >= 0.3 is 11.9 Å². The van der Waals surface area contributed by atoms with Crippen molar-refractivity contribution in [3.63, 3.8) is 0 Å². The molecular weight excluding hydrogens is 308 g/mol. The van der Waals surface area contributed by atoms with Gasteiger partial charge in [0.1, 0.15) is 22.5 Å². The van der Waals surface area contributed by atoms with E-state index in [1.165, 1.54) is 12.1 Å². The molecule has 8 heteroatoms. The van der Waals surface area contributed by atoms with Crippen LogP contribution in [0.5, 0.6) is 5.75 Å². The maximum absolute atomic E-state index is 12.5. The molecule has 0 saturated carbocycles. The van der Waals surface area contributed by atoms with Crippen LogP contribution in [0.25, 0.3) is 11.0 Å². The lowest BCUT2D eigenvalue weighted by Crippen LogP contribution is -2.23. The van der Waals surface area contributed by atoms with Gasteiger partial charge in [0, 0.05) is 6.42 Å². The van der Waals surface area contributed by atoms with Gasteiger partial charge in [-0.3, -0.25) is 9.59 Å². The first kappa shape index (κ1) is 16.5. The normalized spacial score (nSPS) is 12.3. The molecule has 0 spiro atoms. The van der Waals surface area contributed by atoms with E-state index in [1.807, 2.05) is 0 Å². The van der Waals surface area contributed by atoms with Crippen molar-refractivity contribution >= 4 is 22.9 Å². The van der Waals surface area contributed by atoms with Crippen LogP contribution in [-0.2, 0) is 16.0 Å². The number of rotatable bonds is 5. The molecule has 0 aliphatic carbocycles. The quantitative estimate of drug-likeness (QED) is 0.636.